The SMILES string of the molecule is CCOC(=O)C1=C(C)N=c2sc(=Cc3ccc(N(CC)CC)o3)c(=O)n2[C@@H]1c1ccccc1OC. The largest absolute Gasteiger partial charge is 0.496 e. The van der Waals surface area contributed by atoms with Gasteiger partial charge in [0.1, 0.15) is 17.6 Å². The third-order valence-corrected chi connectivity index (χ3v) is 6.89. The quantitative estimate of drug-likeness (QED) is 0.446. The molecule has 1 aliphatic heterocycles. The summed E-state index contributed by atoms with van der Waals surface area (Å²) in [5, 5.41) is 0. The number of thiazole rings is 1. The van der Waals surface area contributed by atoms with Crippen molar-refractivity contribution in [2.75, 3.05) is 31.7 Å². The van der Waals surface area contributed by atoms with Gasteiger partial charge in [-0.2, -0.15) is 0 Å². The lowest BCUT2D eigenvalue weighted by atomic mass is 9.95. The van der Waals surface area contributed by atoms with Crippen molar-refractivity contribution in [3.8, 4) is 5.75 Å². The molecule has 9 heteroatoms. The van der Waals surface area contributed by atoms with E-state index in [0.717, 1.165) is 19.0 Å². The molecule has 0 amide bonds. The Morgan fingerprint density at radius 2 is 1.94 bits per heavy atom. The van der Waals surface area contributed by atoms with Crippen LogP contribution in [-0.4, -0.2) is 37.3 Å². The Bertz CT molecular complexity index is 1440. The number of benzene rings is 1. The zero-order valence-electron chi connectivity index (χ0n) is 20.5. The molecule has 1 aliphatic rings. The summed E-state index contributed by atoms with van der Waals surface area (Å²) < 4.78 is 18.9. The first kappa shape index (κ1) is 24.5. The van der Waals surface area contributed by atoms with Crippen LogP contribution < -0.4 is 24.5 Å². The zero-order chi connectivity index (χ0) is 25.1. The summed E-state index contributed by atoms with van der Waals surface area (Å²) in [6.45, 7) is 9.48. The highest BCUT2D eigenvalue weighted by atomic mass is 32.1. The van der Waals surface area contributed by atoms with Crippen LogP contribution in [0.3, 0.4) is 0 Å². The summed E-state index contributed by atoms with van der Waals surface area (Å²) in [5.74, 6) is 1.39. The van der Waals surface area contributed by atoms with Gasteiger partial charge in [0.2, 0.25) is 0 Å². The Kier molecular flexibility index (Phi) is 7.25. The van der Waals surface area contributed by atoms with Gasteiger partial charge in [0.15, 0.2) is 10.7 Å². The lowest BCUT2D eigenvalue weighted by Crippen LogP contribution is -2.40. The van der Waals surface area contributed by atoms with Crippen LogP contribution >= 0.6 is 11.3 Å². The van der Waals surface area contributed by atoms with Crippen molar-refractivity contribution in [1.29, 1.82) is 0 Å². The molecule has 0 N–H and O–H groups in total. The fourth-order valence-electron chi connectivity index (χ4n) is 4.23. The van der Waals surface area contributed by atoms with Crippen molar-refractivity contribution < 1.29 is 18.7 Å². The first-order valence-corrected chi connectivity index (χ1v) is 12.4. The molecule has 0 bridgehead atoms. The fraction of sp³-hybridized carbons (Fsp3) is 0.346. The molecule has 1 atom stereocenters. The maximum Gasteiger partial charge on any atom is 0.338 e. The molecule has 0 spiro atoms. The number of fused-ring (bicyclic) bond motifs is 1. The summed E-state index contributed by atoms with van der Waals surface area (Å²) in [6, 6.07) is 10.4. The van der Waals surface area contributed by atoms with Crippen LogP contribution in [0.2, 0.25) is 0 Å². The minimum absolute atomic E-state index is 0.214. The first-order chi connectivity index (χ1) is 16.9. The maximum atomic E-state index is 13.7. The lowest BCUT2D eigenvalue weighted by molar-refractivity contribution is -0.139. The van der Waals surface area contributed by atoms with E-state index in [4.69, 9.17) is 13.9 Å². The van der Waals surface area contributed by atoms with E-state index in [0.29, 0.717) is 37.7 Å². The average molecular weight is 496 g/mol. The molecule has 2 aromatic heterocycles. The number of rotatable bonds is 8. The second-order valence-corrected chi connectivity index (χ2v) is 8.90. The second kappa shape index (κ2) is 10.4. The molecule has 3 heterocycles. The number of carbonyl (C=O) groups excluding carboxylic acids is 1. The van der Waals surface area contributed by atoms with Gasteiger partial charge in [0, 0.05) is 30.8 Å². The number of hydrogen-bond acceptors (Lipinski definition) is 8. The molecule has 0 saturated carbocycles. The van der Waals surface area contributed by atoms with Gasteiger partial charge < -0.3 is 18.8 Å². The van der Waals surface area contributed by atoms with E-state index >= 15 is 0 Å². The Hall–Kier alpha value is -3.59. The molecular weight excluding hydrogens is 466 g/mol. The average Bonchev–Trinajstić information content (AvgIpc) is 3.43. The van der Waals surface area contributed by atoms with E-state index in [9.17, 15) is 9.59 Å². The van der Waals surface area contributed by atoms with E-state index in [1.165, 1.54) is 11.3 Å². The van der Waals surface area contributed by atoms with E-state index in [1.807, 2.05) is 30.3 Å². The van der Waals surface area contributed by atoms with Crippen molar-refractivity contribution in [3.05, 3.63) is 78.7 Å². The number of nitrogens with zero attached hydrogens (tertiary/aromatic N) is 3. The van der Waals surface area contributed by atoms with E-state index < -0.39 is 12.0 Å². The molecule has 0 unspecified atom stereocenters. The van der Waals surface area contributed by atoms with Crippen molar-refractivity contribution in [2.24, 2.45) is 4.99 Å². The van der Waals surface area contributed by atoms with Crippen molar-refractivity contribution in [2.45, 2.75) is 33.7 Å². The first-order valence-electron chi connectivity index (χ1n) is 11.6. The molecule has 4 rings (SSSR count). The molecule has 0 radical (unpaired) electrons. The van der Waals surface area contributed by atoms with Crippen LogP contribution in [0.15, 0.2) is 61.9 Å². The molecule has 35 heavy (non-hydrogen) atoms. The molecular formula is C26H29N3O5S. The van der Waals surface area contributed by atoms with Crippen LogP contribution in [0.4, 0.5) is 5.88 Å². The van der Waals surface area contributed by atoms with Gasteiger partial charge in [0.05, 0.1) is 29.5 Å². The summed E-state index contributed by atoms with van der Waals surface area (Å²) >= 11 is 1.26. The van der Waals surface area contributed by atoms with Gasteiger partial charge >= 0.3 is 5.97 Å². The van der Waals surface area contributed by atoms with Gasteiger partial charge in [-0.05, 0) is 39.8 Å². The lowest BCUT2D eigenvalue weighted by Gasteiger charge is -2.25. The Labute approximate surface area is 207 Å². The van der Waals surface area contributed by atoms with Crippen LogP contribution in [-0.2, 0) is 9.53 Å². The Morgan fingerprint density at radius 3 is 2.63 bits per heavy atom. The molecule has 0 fully saturated rings. The number of allylic oxidation sites excluding steroid dienone is 1. The topological polar surface area (TPSA) is 86.3 Å². The molecule has 0 aliphatic carbocycles. The number of esters is 1. The smallest absolute Gasteiger partial charge is 0.338 e. The fourth-order valence-corrected chi connectivity index (χ4v) is 5.26. The van der Waals surface area contributed by atoms with E-state index in [-0.39, 0.29) is 12.2 Å². The molecule has 8 nitrogen and oxygen atoms in total. The monoisotopic (exact) mass is 495 g/mol. The van der Waals surface area contributed by atoms with Crippen LogP contribution in [0.25, 0.3) is 6.08 Å². The second-order valence-electron chi connectivity index (χ2n) is 7.89. The van der Waals surface area contributed by atoms with Gasteiger partial charge in [-0.25, -0.2) is 9.79 Å². The number of ether oxygens (including phenoxy) is 2. The predicted molar refractivity (Wildman–Crippen MR) is 136 cm³/mol. The summed E-state index contributed by atoms with van der Waals surface area (Å²) in [4.78, 5) is 33.9. The van der Waals surface area contributed by atoms with Crippen LogP contribution in [0.5, 0.6) is 5.75 Å². The Balaban J connectivity index is 1.91. The molecule has 184 valence electrons. The number of para-hydroxylation sites is 1. The van der Waals surface area contributed by atoms with Gasteiger partial charge in [0.25, 0.3) is 5.56 Å². The number of carbonyl (C=O) groups is 1. The molecule has 1 aromatic carbocycles. The summed E-state index contributed by atoms with van der Waals surface area (Å²) in [5.41, 5.74) is 1.24. The van der Waals surface area contributed by atoms with Gasteiger partial charge in [-0.15, -0.1) is 0 Å². The number of methoxy groups -OCH3 is 1. The maximum absolute atomic E-state index is 13.7. The highest BCUT2D eigenvalue weighted by Gasteiger charge is 2.34. The van der Waals surface area contributed by atoms with Crippen molar-refractivity contribution >= 4 is 29.3 Å². The number of furan rings is 1. The minimum Gasteiger partial charge on any atom is -0.496 e. The van der Waals surface area contributed by atoms with Crippen LogP contribution in [0, 0.1) is 0 Å². The number of hydrogen-bond donors (Lipinski definition) is 0. The van der Waals surface area contributed by atoms with E-state index in [2.05, 4.69) is 23.7 Å². The number of aromatic nitrogens is 1. The highest BCUT2D eigenvalue weighted by Crippen LogP contribution is 2.35. The highest BCUT2D eigenvalue weighted by molar-refractivity contribution is 7.07. The van der Waals surface area contributed by atoms with Crippen LogP contribution in [0.1, 0.15) is 45.1 Å². The zero-order valence-corrected chi connectivity index (χ0v) is 21.3. The standard InChI is InChI=1S/C26H29N3O5S/c1-6-28(7-2)21-14-13-17(34-21)15-20-24(30)29-23(18-11-9-10-12-19(18)32-5)22(25(31)33-8-3)16(4)27-26(29)35-20/h9-15,23H,6-8H2,1-5H3/t23-/m1/s1. The normalized spacial score (nSPS) is 15.6. The van der Waals surface area contributed by atoms with E-state index in [1.54, 1.807) is 37.7 Å². The number of anilines is 1. The Morgan fingerprint density at radius 1 is 1.20 bits per heavy atom. The van der Waals surface area contributed by atoms with Crippen molar-refractivity contribution in [3.63, 3.8) is 0 Å². The third kappa shape index (κ3) is 4.55. The predicted octanol–water partition coefficient (Wildman–Crippen LogP) is 3.25. The van der Waals surface area contributed by atoms with Gasteiger partial charge in [-0.3, -0.25) is 9.36 Å². The minimum atomic E-state index is -0.730. The molecule has 0 saturated heterocycles. The third-order valence-electron chi connectivity index (χ3n) is 5.91. The van der Waals surface area contributed by atoms with Gasteiger partial charge in [-0.1, -0.05) is 29.5 Å². The molecule has 3 aromatic rings. The summed E-state index contributed by atoms with van der Waals surface area (Å²) in [6.07, 6.45) is 1.72. The van der Waals surface area contributed by atoms with Crippen molar-refractivity contribution in [1.82, 2.24) is 4.57 Å². The summed E-state index contributed by atoms with van der Waals surface area (Å²) in [7, 11) is 1.56.